The number of nitrogens with zero attached hydrogens (tertiary/aromatic N) is 2. The molecule has 1 aromatic heterocycles. The maximum atomic E-state index is 15.5. The first-order valence-corrected chi connectivity index (χ1v) is 11.7. The van der Waals surface area contributed by atoms with E-state index in [2.05, 4.69) is 0 Å². The predicted octanol–water partition coefficient (Wildman–Crippen LogP) is 3.41. The maximum Gasteiger partial charge on any atom is 0.343 e. The number of benzene rings is 2. The number of carbonyl (C=O) groups excluding carboxylic acids is 1. The highest BCUT2D eigenvalue weighted by molar-refractivity contribution is 5.98. The van der Waals surface area contributed by atoms with Crippen molar-refractivity contribution in [2.24, 2.45) is 5.92 Å². The zero-order valence-electron chi connectivity index (χ0n) is 18.6. The lowest BCUT2D eigenvalue weighted by atomic mass is 10.1. The van der Waals surface area contributed by atoms with Gasteiger partial charge in [-0.2, -0.15) is 0 Å². The van der Waals surface area contributed by atoms with Crippen LogP contribution in [0.2, 0.25) is 0 Å². The number of aromatic nitrogens is 1. The smallest absolute Gasteiger partial charge is 0.343 e. The fourth-order valence-electron chi connectivity index (χ4n) is 5.19. The van der Waals surface area contributed by atoms with Gasteiger partial charge in [-0.25, -0.2) is 9.18 Å². The highest BCUT2D eigenvalue weighted by atomic mass is 19.1. The number of fused-ring (bicyclic) bond motifs is 5. The zero-order chi connectivity index (χ0) is 23.4. The topological polar surface area (TPSA) is 81.0 Å². The van der Waals surface area contributed by atoms with Crippen LogP contribution in [0.3, 0.4) is 0 Å². The molecule has 3 aromatic rings. The lowest BCUT2D eigenvalue weighted by Gasteiger charge is -2.34. The summed E-state index contributed by atoms with van der Waals surface area (Å²) in [5.74, 6) is -0.880. The van der Waals surface area contributed by atoms with Crippen molar-refractivity contribution in [3.05, 3.63) is 69.8 Å². The van der Waals surface area contributed by atoms with Crippen molar-refractivity contribution < 1.29 is 23.8 Å². The second-order valence-electron chi connectivity index (χ2n) is 9.41. The summed E-state index contributed by atoms with van der Waals surface area (Å²) in [6.07, 6.45) is 4.09. The Kier molecular flexibility index (Phi) is 5.06. The minimum absolute atomic E-state index is 0.00932. The van der Waals surface area contributed by atoms with Gasteiger partial charge in [-0.15, -0.1) is 0 Å². The maximum absolute atomic E-state index is 15.5. The first kappa shape index (κ1) is 21.2. The van der Waals surface area contributed by atoms with E-state index in [4.69, 9.17) is 9.47 Å². The third-order valence-corrected chi connectivity index (χ3v) is 7.04. The summed E-state index contributed by atoms with van der Waals surface area (Å²) in [6.45, 7) is 0.989. The highest BCUT2D eigenvalue weighted by Crippen LogP contribution is 2.47. The second kappa shape index (κ2) is 8.13. The second-order valence-corrected chi connectivity index (χ2v) is 9.41. The summed E-state index contributed by atoms with van der Waals surface area (Å²) in [7, 11) is 0. The van der Waals surface area contributed by atoms with Gasteiger partial charge in [-0.1, -0.05) is 30.3 Å². The highest BCUT2D eigenvalue weighted by Gasteiger charge is 2.40. The van der Waals surface area contributed by atoms with E-state index < -0.39 is 17.2 Å². The number of hydrogen-bond acceptors (Lipinski definition) is 6. The molecule has 2 aliphatic heterocycles. The van der Waals surface area contributed by atoms with Gasteiger partial charge in [0.2, 0.25) is 5.43 Å². The molecule has 0 radical (unpaired) electrons. The molecule has 2 aromatic carbocycles. The molecule has 7 nitrogen and oxygen atoms in total. The number of rotatable bonds is 5. The number of hydrogen-bond donors (Lipinski definition) is 1. The fraction of sp³-hybridized carbons (Fsp3) is 0.385. The van der Waals surface area contributed by atoms with Crippen LogP contribution in [-0.2, 0) is 11.3 Å². The van der Waals surface area contributed by atoms with Crippen LogP contribution in [-0.4, -0.2) is 41.4 Å². The molecule has 0 bridgehead atoms. The molecule has 1 aliphatic carbocycles. The summed E-state index contributed by atoms with van der Waals surface area (Å²) in [5, 5.41) is 9.73. The Labute approximate surface area is 195 Å². The van der Waals surface area contributed by atoms with E-state index in [0.717, 1.165) is 24.8 Å². The number of anilines is 1. The van der Waals surface area contributed by atoms with Gasteiger partial charge in [0.05, 0.1) is 16.9 Å². The monoisotopic (exact) mass is 464 g/mol. The van der Waals surface area contributed by atoms with Crippen molar-refractivity contribution in [3.63, 3.8) is 0 Å². The molecule has 176 valence electrons. The molecule has 1 saturated carbocycles. The van der Waals surface area contributed by atoms with Gasteiger partial charge >= 0.3 is 5.97 Å². The third kappa shape index (κ3) is 3.44. The lowest BCUT2D eigenvalue weighted by Crippen LogP contribution is -2.39. The number of aliphatic hydroxyl groups is 1. The Morgan fingerprint density at radius 1 is 1.21 bits per heavy atom. The molecule has 1 saturated heterocycles. The van der Waals surface area contributed by atoms with Gasteiger partial charge in [-0.3, -0.25) is 4.79 Å². The van der Waals surface area contributed by atoms with Crippen molar-refractivity contribution in [2.45, 2.75) is 38.0 Å². The van der Waals surface area contributed by atoms with Crippen LogP contribution in [0.4, 0.5) is 10.1 Å². The Balaban J connectivity index is 1.45. The van der Waals surface area contributed by atoms with E-state index in [1.54, 1.807) is 6.20 Å². The van der Waals surface area contributed by atoms with Gasteiger partial charge < -0.3 is 24.0 Å². The van der Waals surface area contributed by atoms with E-state index in [-0.39, 0.29) is 42.2 Å². The lowest BCUT2D eigenvalue weighted by molar-refractivity contribution is 0.0470. The summed E-state index contributed by atoms with van der Waals surface area (Å²) in [6, 6.07) is 10.6. The number of esters is 1. The minimum Gasteiger partial charge on any atom is -0.487 e. The molecule has 6 rings (SSSR count). The molecule has 2 atom stereocenters. The van der Waals surface area contributed by atoms with Gasteiger partial charge in [0.15, 0.2) is 11.6 Å². The van der Waals surface area contributed by atoms with Crippen LogP contribution in [0, 0.1) is 11.7 Å². The first-order chi connectivity index (χ1) is 16.5. The van der Waals surface area contributed by atoms with Crippen LogP contribution < -0.4 is 15.1 Å². The quantitative estimate of drug-likeness (QED) is 0.583. The number of halogens is 1. The molecule has 8 heteroatoms. The first-order valence-electron chi connectivity index (χ1n) is 11.7. The van der Waals surface area contributed by atoms with E-state index in [0.29, 0.717) is 30.1 Å². The molecular weight excluding hydrogens is 439 g/mol. The number of aliphatic hydroxyl groups excluding tert-OH is 1. The number of ether oxygens (including phenoxy) is 2. The molecular formula is C26H25FN2O5. The Morgan fingerprint density at radius 2 is 2.00 bits per heavy atom. The fourth-order valence-corrected chi connectivity index (χ4v) is 5.19. The normalized spacial score (nSPS) is 21.2. The van der Waals surface area contributed by atoms with E-state index >= 15 is 4.39 Å². The Hall–Kier alpha value is -3.39. The summed E-state index contributed by atoms with van der Waals surface area (Å²) in [5.41, 5.74) is 1.01. The average molecular weight is 464 g/mol. The third-order valence-electron chi connectivity index (χ3n) is 7.04. The summed E-state index contributed by atoms with van der Waals surface area (Å²) < 4.78 is 28.8. The molecule has 1 unspecified atom stereocenters. The number of pyridine rings is 1. The van der Waals surface area contributed by atoms with Gasteiger partial charge in [0, 0.05) is 31.3 Å². The molecule has 3 heterocycles. The van der Waals surface area contributed by atoms with Crippen LogP contribution in [0.25, 0.3) is 10.9 Å². The van der Waals surface area contributed by atoms with Gasteiger partial charge in [0.25, 0.3) is 0 Å². The van der Waals surface area contributed by atoms with Crippen molar-refractivity contribution in [1.82, 2.24) is 4.57 Å². The van der Waals surface area contributed by atoms with Crippen LogP contribution in [0.15, 0.2) is 47.4 Å². The van der Waals surface area contributed by atoms with Crippen molar-refractivity contribution in [2.75, 3.05) is 24.7 Å². The van der Waals surface area contributed by atoms with E-state index in [1.807, 2.05) is 39.8 Å². The zero-order valence-corrected chi connectivity index (χ0v) is 18.6. The SMILES string of the molecule is O=C(OCc1ccccc1)c1cn(C2CC2)c2c3c(c(F)cc2c1=O)N1CC(CO)C[C@H]1CO3. The van der Waals surface area contributed by atoms with Crippen LogP contribution in [0.5, 0.6) is 5.75 Å². The average Bonchev–Trinajstić information content (AvgIpc) is 3.61. The molecule has 0 amide bonds. The van der Waals surface area contributed by atoms with Crippen molar-refractivity contribution >= 4 is 22.6 Å². The van der Waals surface area contributed by atoms with Gasteiger partial charge in [0.1, 0.15) is 24.5 Å². The van der Waals surface area contributed by atoms with Gasteiger partial charge in [-0.05, 0) is 30.9 Å². The predicted molar refractivity (Wildman–Crippen MR) is 124 cm³/mol. The van der Waals surface area contributed by atoms with Crippen LogP contribution >= 0.6 is 0 Å². The standard InChI is InChI=1S/C26H25FN2O5/c27-21-9-19-22(25-23(21)28-10-16(12-30)8-18(28)14-33-25)29(17-6-7-17)11-20(24(19)31)26(32)34-13-15-4-2-1-3-5-15/h1-5,9,11,16-18,30H,6-8,10,12-14H2/t16?,18-/m0/s1. The minimum atomic E-state index is -0.727. The Morgan fingerprint density at radius 3 is 2.74 bits per heavy atom. The molecule has 1 N–H and O–H groups in total. The molecule has 0 spiro atoms. The molecule has 2 fully saturated rings. The van der Waals surface area contributed by atoms with Crippen molar-refractivity contribution in [1.29, 1.82) is 0 Å². The largest absolute Gasteiger partial charge is 0.487 e. The molecule has 3 aliphatic rings. The Bertz CT molecular complexity index is 1330. The van der Waals surface area contributed by atoms with E-state index in [9.17, 15) is 14.7 Å². The summed E-state index contributed by atoms with van der Waals surface area (Å²) in [4.78, 5) is 28.2. The molecule has 34 heavy (non-hydrogen) atoms. The summed E-state index contributed by atoms with van der Waals surface area (Å²) >= 11 is 0. The van der Waals surface area contributed by atoms with Crippen molar-refractivity contribution in [3.8, 4) is 5.75 Å². The van der Waals surface area contributed by atoms with Crippen LogP contribution in [0.1, 0.15) is 41.2 Å². The number of carbonyl (C=O) groups is 1. The van der Waals surface area contributed by atoms with E-state index in [1.165, 1.54) is 6.07 Å².